The first-order valence-corrected chi connectivity index (χ1v) is 5.62. The number of esters is 1. The molecule has 0 radical (unpaired) electrons. The molecule has 2 rings (SSSR count). The van der Waals surface area contributed by atoms with Crippen LogP contribution in [0.5, 0.6) is 0 Å². The summed E-state index contributed by atoms with van der Waals surface area (Å²) in [6.07, 6.45) is 3.75. The zero-order valence-corrected chi connectivity index (χ0v) is 9.26. The molecule has 0 aromatic heterocycles. The van der Waals surface area contributed by atoms with Crippen LogP contribution >= 0.6 is 0 Å². The summed E-state index contributed by atoms with van der Waals surface area (Å²) in [4.78, 5) is 11.6. The monoisotopic (exact) mass is 216 g/mol. The number of carbonyl (C=O) groups excluding carboxylic acids is 1. The maximum Gasteiger partial charge on any atom is 0.309 e. The van der Waals surface area contributed by atoms with Gasteiger partial charge in [-0.25, -0.2) is 0 Å². The third-order valence-electron chi connectivity index (χ3n) is 2.92. The minimum Gasteiger partial charge on any atom is -0.461 e. The molecule has 84 valence electrons. The second-order valence-electron chi connectivity index (χ2n) is 4.22. The number of hydrogen-bond acceptors (Lipinski definition) is 2. The van der Waals surface area contributed by atoms with Crippen LogP contribution in [-0.2, 0) is 16.1 Å². The zero-order chi connectivity index (χ0) is 11.4. The average Bonchev–Trinajstić information content (AvgIpc) is 3.07. The van der Waals surface area contributed by atoms with Crippen LogP contribution in [0.3, 0.4) is 0 Å². The van der Waals surface area contributed by atoms with Crippen molar-refractivity contribution in [3.63, 3.8) is 0 Å². The molecule has 1 aliphatic carbocycles. The number of rotatable bonds is 5. The summed E-state index contributed by atoms with van der Waals surface area (Å²) in [5.74, 6) is 0.526. The number of ether oxygens (including phenoxy) is 1. The molecule has 0 amide bonds. The van der Waals surface area contributed by atoms with Gasteiger partial charge in [0.2, 0.25) is 0 Å². The molecule has 1 fully saturated rings. The van der Waals surface area contributed by atoms with Gasteiger partial charge >= 0.3 is 5.97 Å². The quantitative estimate of drug-likeness (QED) is 0.558. The van der Waals surface area contributed by atoms with Crippen molar-refractivity contribution in [2.75, 3.05) is 0 Å². The molecular formula is C14H16O2. The Balaban J connectivity index is 1.75. The van der Waals surface area contributed by atoms with Crippen LogP contribution < -0.4 is 0 Å². The summed E-state index contributed by atoms with van der Waals surface area (Å²) in [5.41, 5.74) is 1.04. The fourth-order valence-corrected chi connectivity index (χ4v) is 1.85. The van der Waals surface area contributed by atoms with Gasteiger partial charge in [0.15, 0.2) is 0 Å². The number of benzene rings is 1. The molecule has 0 unspecified atom stereocenters. The van der Waals surface area contributed by atoms with E-state index in [4.69, 9.17) is 4.74 Å². The first kappa shape index (κ1) is 10.9. The Morgan fingerprint density at radius 3 is 2.88 bits per heavy atom. The minimum atomic E-state index is -0.0595. The Morgan fingerprint density at radius 2 is 2.19 bits per heavy atom. The van der Waals surface area contributed by atoms with Crippen LogP contribution in [0.15, 0.2) is 43.0 Å². The van der Waals surface area contributed by atoms with Crippen molar-refractivity contribution in [2.45, 2.75) is 19.4 Å². The van der Waals surface area contributed by atoms with Gasteiger partial charge < -0.3 is 4.74 Å². The molecule has 0 heterocycles. The van der Waals surface area contributed by atoms with Gasteiger partial charge in [0, 0.05) is 0 Å². The highest BCUT2D eigenvalue weighted by atomic mass is 16.5. The van der Waals surface area contributed by atoms with Crippen molar-refractivity contribution in [3.05, 3.63) is 48.6 Å². The molecular weight excluding hydrogens is 200 g/mol. The summed E-state index contributed by atoms with van der Waals surface area (Å²) in [6.45, 7) is 4.06. The maximum absolute atomic E-state index is 11.6. The molecule has 2 atom stereocenters. The van der Waals surface area contributed by atoms with Crippen LogP contribution in [0.2, 0.25) is 0 Å². The molecule has 1 aromatic carbocycles. The lowest BCUT2D eigenvalue weighted by molar-refractivity contribution is -0.146. The Labute approximate surface area is 95.9 Å². The van der Waals surface area contributed by atoms with Gasteiger partial charge in [0.25, 0.3) is 0 Å². The first-order valence-electron chi connectivity index (χ1n) is 5.62. The van der Waals surface area contributed by atoms with E-state index in [9.17, 15) is 4.79 Å². The average molecular weight is 216 g/mol. The fourth-order valence-electron chi connectivity index (χ4n) is 1.85. The highest BCUT2D eigenvalue weighted by molar-refractivity contribution is 5.75. The van der Waals surface area contributed by atoms with Gasteiger partial charge in [0.05, 0.1) is 5.92 Å². The van der Waals surface area contributed by atoms with Crippen molar-refractivity contribution in [2.24, 2.45) is 11.8 Å². The SMILES string of the molecule is C=CC[C@@H]1C[C@H]1C(=O)OCc1ccccc1. The topological polar surface area (TPSA) is 26.3 Å². The largest absolute Gasteiger partial charge is 0.461 e. The van der Waals surface area contributed by atoms with Crippen LogP contribution in [0, 0.1) is 11.8 Å². The second-order valence-corrected chi connectivity index (χ2v) is 4.22. The molecule has 0 spiro atoms. The molecule has 1 aliphatic rings. The van der Waals surface area contributed by atoms with Crippen molar-refractivity contribution < 1.29 is 9.53 Å². The highest BCUT2D eigenvalue weighted by Gasteiger charge is 2.42. The molecule has 0 saturated heterocycles. The standard InChI is InChI=1S/C14H16O2/c1-2-6-12-9-13(12)14(15)16-10-11-7-4-3-5-8-11/h2-5,7-8,12-13H,1,6,9-10H2/t12-,13-/m1/s1. The van der Waals surface area contributed by atoms with Crippen LogP contribution in [0.1, 0.15) is 18.4 Å². The van der Waals surface area contributed by atoms with Crippen LogP contribution in [-0.4, -0.2) is 5.97 Å². The van der Waals surface area contributed by atoms with Crippen LogP contribution in [0.4, 0.5) is 0 Å². The Hall–Kier alpha value is -1.57. The molecule has 1 aromatic rings. The van der Waals surface area contributed by atoms with Gasteiger partial charge in [-0.15, -0.1) is 6.58 Å². The fraction of sp³-hybridized carbons (Fsp3) is 0.357. The highest BCUT2D eigenvalue weighted by Crippen LogP contribution is 2.42. The summed E-state index contributed by atoms with van der Waals surface area (Å²) >= 11 is 0. The molecule has 16 heavy (non-hydrogen) atoms. The first-order chi connectivity index (χ1) is 7.81. The van der Waals surface area contributed by atoms with E-state index < -0.39 is 0 Å². The lowest BCUT2D eigenvalue weighted by Crippen LogP contribution is -2.07. The minimum absolute atomic E-state index is 0.0595. The molecule has 0 N–H and O–H groups in total. The van der Waals surface area contributed by atoms with E-state index in [1.807, 2.05) is 36.4 Å². The normalized spacial score (nSPS) is 22.5. The van der Waals surface area contributed by atoms with E-state index >= 15 is 0 Å². The third-order valence-corrected chi connectivity index (χ3v) is 2.92. The Kier molecular flexibility index (Phi) is 3.40. The molecule has 0 aliphatic heterocycles. The van der Waals surface area contributed by atoms with Gasteiger partial charge in [-0.2, -0.15) is 0 Å². The second kappa shape index (κ2) is 4.97. The molecule has 2 heteroatoms. The third kappa shape index (κ3) is 2.72. The predicted molar refractivity (Wildman–Crippen MR) is 62.6 cm³/mol. The van der Waals surface area contributed by atoms with Crippen molar-refractivity contribution in [3.8, 4) is 0 Å². The predicted octanol–water partition coefficient (Wildman–Crippen LogP) is 2.94. The van der Waals surface area contributed by atoms with Gasteiger partial charge in [-0.1, -0.05) is 36.4 Å². The summed E-state index contributed by atoms with van der Waals surface area (Å²) < 4.78 is 5.26. The number of hydrogen-bond donors (Lipinski definition) is 0. The summed E-state index contributed by atoms with van der Waals surface area (Å²) in [5, 5.41) is 0. The van der Waals surface area contributed by atoms with Crippen LogP contribution in [0.25, 0.3) is 0 Å². The number of carbonyl (C=O) groups is 1. The summed E-state index contributed by atoms with van der Waals surface area (Å²) in [7, 11) is 0. The van der Waals surface area contributed by atoms with Gasteiger partial charge in [0.1, 0.15) is 6.61 Å². The van der Waals surface area contributed by atoms with E-state index in [1.165, 1.54) is 0 Å². The van der Waals surface area contributed by atoms with Crippen molar-refractivity contribution >= 4 is 5.97 Å². The van der Waals surface area contributed by atoms with Gasteiger partial charge in [-0.05, 0) is 24.3 Å². The lowest BCUT2D eigenvalue weighted by atomic mass is 10.2. The van der Waals surface area contributed by atoms with Crippen molar-refractivity contribution in [1.29, 1.82) is 0 Å². The van der Waals surface area contributed by atoms with Gasteiger partial charge in [-0.3, -0.25) is 4.79 Å². The maximum atomic E-state index is 11.6. The lowest BCUT2D eigenvalue weighted by Gasteiger charge is -2.03. The van der Waals surface area contributed by atoms with E-state index in [0.29, 0.717) is 12.5 Å². The number of allylic oxidation sites excluding steroid dienone is 1. The van der Waals surface area contributed by atoms with E-state index in [0.717, 1.165) is 18.4 Å². The smallest absolute Gasteiger partial charge is 0.309 e. The van der Waals surface area contributed by atoms with E-state index in [1.54, 1.807) is 0 Å². The zero-order valence-electron chi connectivity index (χ0n) is 9.26. The van der Waals surface area contributed by atoms with E-state index in [-0.39, 0.29) is 11.9 Å². The molecule has 2 nitrogen and oxygen atoms in total. The van der Waals surface area contributed by atoms with Crippen molar-refractivity contribution in [1.82, 2.24) is 0 Å². The Bertz CT molecular complexity index is 370. The molecule has 1 saturated carbocycles. The summed E-state index contributed by atoms with van der Waals surface area (Å²) in [6, 6.07) is 9.76. The molecule has 0 bridgehead atoms. The van der Waals surface area contributed by atoms with E-state index in [2.05, 4.69) is 6.58 Å². The Morgan fingerprint density at radius 1 is 1.44 bits per heavy atom.